The lowest BCUT2D eigenvalue weighted by Crippen LogP contribution is -1.97. The number of nitrogens with zero attached hydrogens (tertiary/aromatic N) is 2. The van der Waals surface area contributed by atoms with E-state index in [0.29, 0.717) is 11.6 Å². The number of rotatable bonds is 6. The minimum Gasteiger partial charge on any atom is -0.438 e. The first kappa shape index (κ1) is 16.0. The molecule has 0 fully saturated rings. The van der Waals surface area contributed by atoms with Gasteiger partial charge in [-0.05, 0) is 65.3 Å². The molecule has 1 N–H and O–H groups in total. The van der Waals surface area contributed by atoms with Crippen LogP contribution in [-0.2, 0) is 0 Å². The molecule has 0 atom stereocenters. The van der Waals surface area contributed by atoms with Crippen LogP contribution in [0.25, 0.3) is 0 Å². The zero-order valence-electron chi connectivity index (χ0n) is 12.2. The van der Waals surface area contributed by atoms with E-state index >= 15 is 0 Å². The molecule has 112 valence electrons. The van der Waals surface area contributed by atoms with E-state index in [1.54, 1.807) is 24.6 Å². The van der Waals surface area contributed by atoms with Gasteiger partial charge in [-0.15, -0.1) is 0 Å². The second-order valence-electron chi connectivity index (χ2n) is 4.22. The molecular formula is C17H16BrN3O. The van der Waals surface area contributed by atoms with Crippen LogP contribution in [-0.4, -0.2) is 11.2 Å². The number of hydrogen-bond donors (Lipinski definition) is 1. The van der Waals surface area contributed by atoms with Crippen LogP contribution in [0.4, 0.5) is 5.69 Å². The van der Waals surface area contributed by atoms with Gasteiger partial charge >= 0.3 is 0 Å². The van der Waals surface area contributed by atoms with Crippen molar-refractivity contribution in [2.45, 2.75) is 6.92 Å². The number of halogens is 1. The lowest BCUT2D eigenvalue weighted by atomic mass is 10.3. The molecule has 22 heavy (non-hydrogen) atoms. The molecule has 0 saturated carbocycles. The molecule has 0 aliphatic rings. The Morgan fingerprint density at radius 1 is 1.32 bits per heavy atom. The standard InChI is InChI=1S/C17H16BrN3O/c1-3-6-16(19-4-2)21-13-8-10-14(11-9-13)22-17-15(18)7-5-12-20-17/h3-12,21H,1H2,2H3/b16-6+,19-4-. The Hall–Kier alpha value is -2.40. The number of aliphatic imine (C=N–C) groups is 1. The van der Waals surface area contributed by atoms with Crippen molar-refractivity contribution in [2.75, 3.05) is 5.32 Å². The summed E-state index contributed by atoms with van der Waals surface area (Å²) in [7, 11) is 0. The molecule has 0 amide bonds. The highest BCUT2D eigenvalue weighted by atomic mass is 79.9. The number of benzene rings is 1. The predicted molar refractivity (Wildman–Crippen MR) is 94.5 cm³/mol. The number of hydrogen-bond acceptors (Lipinski definition) is 4. The van der Waals surface area contributed by atoms with Gasteiger partial charge in [-0.25, -0.2) is 9.98 Å². The van der Waals surface area contributed by atoms with E-state index in [-0.39, 0.29) is 0 Å². The number of nitrogens with one attached hydrogen (secondary N) is 1. The van der Waals surface area contributed by atoms with Crippen molar-refractivity contribution in [1.29, 1.82) is 0 Å². The van der Waals surface area contributed by atoms with Crippen molar-refractivity contribution in [3.63, 3.8) is 0 Å². The van der Waals surface area contributed by atoms with Crippen molar-refractivity contribution < 1.29 is 4.74 Å². The summed E-state index contributed by atoms with van der Waals surface area (Å²) in [6, 6.07) is 11.3. The fraction of sp³-hybridized carbons (Fsp3) is 0.0588. The highest BCUT2D eigenvalue weighted by Gasteiger charge is 2.03. The van der Waals surface area contributed by atoms with Gasteiger partial charge < -0.3 is 10.1 Å². The Kier molecular flexibility index (Phi) is 5.91. The molecule has 5 heteroatoms. The van der Waals surface area contributed by atoms with Crippen LogP contribution < -0.4 is 10.1 Å². The summed E-state index contributed by atoms with van der Waals surface area (Å²) in [5.41, 5.74) is 0.908. The van der Waals surface area contributed by atoms with E-state index < -0.39 is 0 Å². The Morgan fingerprint density at radius 3 is 2.73 bits per heavy atom. The third-order valence-electron chi connectivity index (χ3n) is 2.61. The average molecular weight is 358 g/mol. The number of allylic oxidation sites excluding steroid dienone is 2. The highest BCUT2D eigenvalue weighted by Crippen LogP contribution is 2.27. The van der Waals surface area contributed by atoms with Crippen molar-refractivity contribution in [3.8, 4) is 11.6 Å². The normalized spacial score (nSPS) is 11.5. The summed E-state index contributed by atoms with van der Waals surface area (Å²) in [4.78, 5) is 8.39. The van der Waals surface area contributed by atoms with Crippen LogP contribution in [0.1, 0.15) is 6.92 Å². The van der Waals surface area contributed by atoms with E-state index in [1.807, 2.05) is 43.3 Å². The van der Waals surface area contributed by atoms with Crippen LogP contribution in [0.2, 0.25) is 0 Å². The number of aromatic nitrogens is 1. The maximum absolute atomic E-state index is 5.72. The minimum atomic E-state index is 0.533. The van der Waals surface area contributed by atoms with Gasteiger partial charge in [-0.1, -0.05) is 12.7 Å². The zero-order chi connectivity index (χ0) is 15.8. The van der Waals surface area contributed by atoms with Gasteiger partial charge in [-0.2, -0.15) is 0 Å². The maximum atomic E-state index is 5.72. The molecule has 0 radical (unpaired) electrons. The second-order valence-corrected chi connectivity index (χ2v) is 5.07. The van der Waals surface area contributed by atoms with Crippen molar-refractivity contribution in [2.24, 2.45) is 4.99 Å². The minimum absolute atomic E-state index is 0.533. The molecule has 2 aromatic rings. The van der Waals surface area contributed by atoms with E-state index in [2.05, 4.69) is 37.8 Å². The fourth-order valence-corrected chi connectivity index (χ4v) is 2.02. The van der Waals surface area contributed by atoms with E-state index in [1.165, 1.54) is 0 Å². The van der Waals surface area contributed by atoms with Crippen molar-refractivity contribution >= 4 is 27.8 Å². The molecule has 0 aliphatic carbocycles. The topological polar surface area (TPSA) is 46.5 Å². The first-order valence-electron chi connectivity index (χ1n) is 6.70. The Labute approximate surface area is 138 Å². The smallest absolute Gasteiger partial charge is 0.233 e. The van der Waals surface area contributed by atoms with Gasteiger partial charge in [0.05, 0.1) is 4.47 Å². The Bertz CT molecular complexity index is 693. The summed E-state index contributed by atoms with van der Waals surface area (Å²) >= 11 is 3.40. The van der Waals surface area contributed by atoms with E-state index in [0.717, 1.165) is 16.0 Å². The quantitative estimate of drug-likeness (QED) is 0.573. The van der Waals surface area contributed by atoms with Crippen molar-refractivity contribution in [1.82, 2.24) is 4.98 Å². The Morgan fingerprint density at radius 2 is 2.09 bits per heavy atom. The molecule has 1 aromatic heterocycles. The summed E-state index contributed by atoms with van der Waals surface area (Å²) in [5, 5.41) is 3.19. The van der Waals surface area contributed by atoms with E-state index in [9.17, 15) is 0 Å². The van der Waals surface area contributed by atoms with Crippen LogP contribution in [0.15, 0.2) is 76.6 Å². The van der Waals surface area contributed by atoms with Gasteiger partial charge in [0.1, 0.15) is 11.6 Å². The molecule has 0 bridgehead atoms. The molecule has 0 spiro atoms. The number of ether oxygens (including phenoxy) is 1. The molecule has 0 unspecified atom stereocenters. The van der Waals surface area contributed by atoms with Gasteiger partial charge in [0.2, 0.25) is 5.88 Å². The van der Waals surface area contributed by atoms with Gasteiger partial charge in [0, 0.05) is 18.1 Å². The summed E-state index contributed by atoms with van der Waals surface area (Å²) < 4.78 is 6.53. The zero-order valence-corrected chi connectivity index (χ0v) is 13.7. The van der Waals surface area contributed by atoms with Crippen LogP contribution in [0.5, 0.6) is 11.6 Å². The average Bonchev–Trinajstić information content (AvgIpc) is 2.52. The van der Waals surface area contributed by atoms with Crippen LogP contribution >= 0.6 is 15.9 Å². The molecule has 2 rings (SSSR count). The first-order valence-corrected chi connectivity index (χ1v) is 7.49. The summed E-state index contributed by atoms with van der Waals surface area (Å²) in [5.74, 6) is 1.96. The first-order chi connectivity index (χ1) is 10.7. The third kappa shape index (κ3) is 4.56. The maximum Gasteiger partial charge on any atom is 0.233 e. The van der Waals surface area contributed by atoms with E-state index in [4.69, 9.17) is 4.74 Å². The summed E-state index contributed by atoms with van der Waals surface area (Å²) in [6.45, 7) is 5.53. The molecule has 0 aliphatic heterocycles. The largest absolute Gasteiger partial charge is 0.438 e. The third-order valence-corrected chi connectivity index (χ3v) is 3.21. The van der Waals surface area contributed by atoms with Gasteiger partial charge in [0.15, 0.2) is 0 Å². The van der Waals surface area contributed by atoms with Crippen LogP contribution in [0.3, 0.4) is 0 Å². The van der Waals surface area contributed by atoms with Gasteiger partial charge in [-0.3, -0.25) is 0 Å². The SMILES string of the molecule is C=C/C=C(\N=C/C)Nc1ccc(Oc2ncccc2Br)cc1. The van der Waals surface area contributed by atoms with Gasteiger partial charge in [0.25, 0.3) is 0 Å². The molecule has 4 nitrogen and oxygen atoms in total. The fourth-order valence-electron chi connectivity index (χ4n) is 1.68. The number of anilines is 1. The molecule has 0 saturated heterocycles. The lowest BCUT2D eigenvalue weighted by molar-refractivity contribution is 0.460. The molecule has 1 aromatic carbocycles. The highest BCUT2D eigenvalue weighted by molar-refractivity contribution is 9.10. The lowest BCUT2D eigenvalue weighted by Gasteiger charge is -2.09. The monoisotopic (exact) mass is 357 g/mol. The molecule has 1 heterocycles. The Balaban J connectivity index is 2.09. The van der Waals surface area contributed by atoms with Crippen molar-refractivity contribution in [3.05, 3.63) is 71.6 Å². The molecular weight excluding hydrogens is 342 g/mol. The predicted octanol–water partition coefficient (Wildman–Crippen LogP) is 5.17. The summed E-state index contributed by atoms with van der Waals surface area (Å²) in [6.07, 6.45) is 6.89. The number of pyridine rings is 1. The second kappa shape index (κ2) is 8.14. The van der Waals surface area contributed by atoms with Crippen LogP contribution in [0, 0.1) is 0 Å².